The smallest absolute Gasteiger partial charge is 0.111 e. The van der Waals surface area contributed by atoms with Gasteiger partial charge in [0.1, 0.15) is 61.0 Å². The van der Waals surface area contributed by atoms with E-state index in [2.05, 4.69) is 22.8 Å². The Morgan fingerprint density at radius 3 is 0.977 bits per heavy atom. The summed E-state index contributed by atoms with van der Waals surface area (Å²) in [5.74, 6) is 0.759. The molecule has 4 rings (SSSR count). The van der Waals surface area contributed by atoms with E-state index in [0.717, 1.165) is 25.6 Å². The standard InChI is InChI=1S/C10H14N2.2C5H10O5.5Cd.H2N.5H2O/c1-5-11-6-2-9(1)10-3-7-12-8-4-10;2*6-1-2(7)4(9)5(10)3(1)8;;;;;;;;;;;/h1-2,5,10H,3-4,6-8H2;2*1-10H;;;;;;6*1H2/q-2;;;;;;;;-1;;;;;/p+1. The van der Waals surface area contributed by atoms with Gasteiger partial charge in [0.25, 0.3) is 0 Å². The first-order valence-corrected chi connectivity index (χ1v) is 10.5. The maximum atomic E-state index is 8.79. The van der Waals surface area contributed by atoms with Crippen LogP contribution in [0.15, 0.2) is 23.9 Å². The number of aliphatic hydroxyl groups excluding tert-OH is 10. The van der Waals surface area contributed by atoms with Crippen molar-refractivity contribution in [2.24, 2.45) is 5.92 Å². The third kappa shape index (κ3) is 21.1. The molecule has 43 heavy (non-hydrogen) atoms. The van der Waals surface area contributed by atoms with Crippen molar-refractivity contribution in [2.75, 3.05) is 19.6 Å². The Labute approximate surface area is 350 Å². The second-order valence-corrected chi connectivity index (χ2v) is 8.24. The maximum absolute atomic E-state index is 8.79. The van der Waals surface area contributed by atoms with Crippen molar-refractivity contribution in [3.8, 4) is 0 Å². The molecule has 2 heterocycles. The van der Waals surface area contributed by atoms with Crippen molar-refractivity contribution >= 4 is 0 Å². The molecule has 0 aromatic heterocycles. The van der Waals surface area contributed by atoms with Crippen molar-refractivity contribution in [1.82, 2.24) is 0 Å². The number of rotatable bonds is 1. The van der Waals surface area contributed by atoms with E-state index in [-0.39, 0.29) is 170 Å². The Bertz CT molecular complexity index is 543. The minimum atomic E-state index is -1.45. The third-order valence-corrected chi connectivity index (χ3v) is 6.05. The molecule has 4 aliphatic rings. The van der Waals surface area contributed by atoms with Gasteiger partial charge >= 0.3 is 0 Å². The van der Waals surface area contributed by atoms with Crippen LogP contribution in [0.5, 0.6) is 0 Å². The molecule has 2 aliphatic heterocycles. The third-order valence-electron chi connectivity index (χ3n) is 6.05. The van der Waals surface area contributed by atoms with Crippen LogP contribution in [0, 0.1) is 5.92 Å². The largest absolute Gasteiger partial charge is 0.693 e. The Kier molecular flexibility index (Phi) is 61.1. The van der Waals surface area contributed by atoms with Gasteiger partial charge in [-0.2, -0.15) is 6.20 Å². The molecule has 0 aromatic carbocycles. The molecule has 23 N–H and O–H groups in total. The Morgan fingerprint density at radius 2 is 0.767 bits per heavy atom. The summed E-state index contributed by atoms with van der Waals surface area (Å²) >= 11 is 0. The monoisotopic (exact) mass is 1140 g/mol. The van der Waals surface area contributed by atoms with Gasteiger partial charge in [-0.3, -0.25) is 0 Å². The van der Waals surface area contributed by atoms with Crippen molar-refractivity contribution in [2.45, 2.75) is 73.9 Å². The molecule has 0 atom stereocenters. The molecular weight excluding hydrogens is 1080 g/mol. The van der Waals surface area contributed by atoms with Crippen molar-refractivity contribution in [1.29, 1.82) is 0 Å². The number of nitrogens with zero attached hydrogens (tertiary/aromatic N) is 2. The fourth-order valence-corrected chi connectivity index (χ4v) is 3.83. The van der Waals surface area contributed by atoms with Gasteiger partial charge in [0.15, 0.2) is 0 Å². The predicted octanol–water partition coefficient (Wildman–Crippen LogP) is -7.31. The van der Waals surface area contributed by atoms with Gasteiger partial charge in [-0.25, -0.2) is 0 Å². The van der Waals surface area contributed by atoms with Crippen molar-refractivity contribution in [3.63, 3.8) is 0 Å². The summed E-state index contributed by atoms with van der Waals surface area (Å²) < 4.78 is 0. The van der Waals surface area contributed by atoms with Gasteiger partial charge in [-0.15, -0.1) is 19.6 Å². The minimum absolute atomic E-state index is 0. The van der Waals surface area contributed by atoms with E-state index in [9.17, 15) is 0 Å². The van der Waals surface area contributed by atoms with Crippen LogP contribution < -0.4 is 0 Å². The predicted molar refractivity (Wildman–Crippen MR) is 136 cm³/mol. The zero-order chi connectivity index (χ0) is 24.0. The molecule has 0 radical (unpaired) electrons. The van der Waals surface area contributed by atoms with Crippen LogP contribution in [-0.4, -0.2) is 154 Å². The minimum Gasteiger partial charge on any atom is -0.693 e. The number of aliphatic hydroxyl groups is 10. The number of nitrogens with two attached hydrogens (primary N) is 1. The van der Waals surface area contributed by atoms with Crippen LogP contribution in [0.3, 0.4) is 0 Å². The Balaban J connectivity index is -0.0000000423. The van der Waals surface area contributed by atoms with Gasteiger partial charge in [0.2, 0.25) is 0 Å². The van der Waals surface area contributed by atoms with Crippen LogP contribution in [0.25, 0.3) is 16.8 Å². The zero-order valence-corrected chi connectivity index (χ0v) is 44.4. The number of hydrogen-bond acceptors (Lipinski definition) is 10. The molecule has 1 saturated heterocycles. The Hall–Kier alpha value is 3.21. The van der Waals surface area contributed by atoms with E-state index in [4.69, 9.17) is 51.1 Å². The van der Waals surface area contributed by atoms with Crippen molar-refractivity contribution in [3.05, 3.63) is 40.7 Å². The van der Waals surface area contributed by atoms with Crippen molar-refractivity contribution < 1.29 is 215 Å². The summed E-state index contributed by atoms with van der Waals surface area (Å²) in [5.41, 5.74) is 1.49. The van der Waals surface area contributed by atoms with Crippen LogP contribution in [0.1, 0.15) is 12.8 Å². The Morgan fingerprint density at radius 1 is 0.512 bits per heavy atom. The van der Waals surface area contributed by atoms with Gasteiger partial charge in [-0.1, -0.05) is 30.6 Å². The van der Waals surface area contributed by atoms with E-state index in [1.54, 1.807) is 0 Å². The van der Waals surface area contributed by atoms with E-state index in [1.165, 1.54) is 18.4 Å². The number of allylic oxidation sites excluding steroid dienone is 2. The first kappa shape index (κ1) is 72.0. The molecule has 3 fully saturated rings. The number of hydrogen-bond donors (Lipinski definition) is 10. The quantitative estimate of drug-likeness (QED) is 0.0874. The topological polar surface area (TPSA) is 423 Å². The SMILES string of the molecule is C1=CC(C2CC[N-]CC2)=CC[N-]1.O.O.O.O.OC1C(O)C(O)C(O)C1O.OC1C(O)C(O)C(O)C1O.[Cd].[Cd].[Cd].[Cd].[Cd].[NH2-].[OH3+]. The van der Waals surface area contributed by atoms with Crippen LogP contribution in [0.4, 0.5) is 0 Å². The molecule has 2 saturated carbocycles. The van der Waals surface area contributed by atoms with E-state index < -0.39 is 61.0 Å². The van der Waals surface area contributed by atoms with Gasteiger partial charge in [0, 0.05) is 136 Å². The maximum Gasteiger partial charge on any atom is 0.111 e. The summed E-state index contributed by atoms with van der Waals surface area (Å²) in [5, 5.41) is 96.4. The second-order valence-electron chi connectivity index (χ2n) is 8.24. The molecule has 0 amide bonds. The fourth-order valence-electron chi connectivity index (χ4n) is 3.83. The van der Waals surface area contributed by atoms with Crippen LogP contribution >= 0.6 is 0 Å². The number of piperidine rings is 1. The van der Waals surface area contributed by atoms with Gasteiger partial charge < -0.3 is 95.2 Å². The molecular formula is C20H47Cd5N3O15-2. The average Bonchev–Trinajstić information content (AvgIpc) is 3.11. The van der Waals surface area contributed by atoms with Gasteiger partial charge in [0.05, 0.1) is 0 Å². The first-order valence-electron chi connectivity index (χ1n) is 10.5. The van der Waals surface area contributed by atoms with E-state index in [1.807, 2.05) is 6.20 Å². The van der Waals surface area contributed by atoms with Crippen LogP contribution in [0.2, 0.25) is 0 Å². The molecule has 18 nitrogen and oxygen atoms in total. The molecule has 244 valence electrons. The summed E-state index contributed by atoms with van der Waals surface area (Å²) in [6.45, 7) is 2.97. The van der Waals surface area contributed by atoms with E-state index in [0.29, 0.717) is 0 Å². The fraction of sp³-hybridized carbons (Fsp3) is 0.800. The molecule has 0 aromatic rings. The summed E-state index contributed by atoms with van der Waals surface area (Å²) in [6, 6.07) is 0. The molecule has 0 bridgehead atoms. The molecule has 23 heteroatoms. The zero-order valence-electron chi connectivity index (χ0n) is 24.2. The second kappa shape index (κ2) is 36.5. The van der Waals surface area contributed by atoms with Gasteiger partial charge in [-0.05, 0) is 5.92 Å². The summed E-state index contributed by atoms with van der Waals surface area (Å²) in [6.07, 6.45) is -5.74. The molecule has 0 unspecified atom stereocenters. The first-order chi connectivity index (χ1) is 15.1. The normalized spacial score (nSPS) is 32.7. The molecule has 0 spiro atoms. The summed E-state index contributed by atoms with van der Waals surface area (Å²) in [4.78, 5) is 0. The van der Waals surface area contributed by atoms with E-state index >= 15 is 0 Å². The van der Waals surface area contributed by atoms with Crippen LogP contribution in [-0.2, 0) is 142 Å². The molecule has 2 aliphatic carbocycles. The average molecular weight is 1130 g/mol. The summed E-state index contributed by atoms with van der Waals surface area (Å²) in [7, 11) is 0.